The normalized spacial score (nSPS) is 12.0. The number of nitrogens with one attached hydrogen (secondary N) is 1. The zero-order valence-electron chi connectivity index (χ0n) is 8.38. The topological polar surface area (TPSA) is 38.3 Å². The van der Waals surface area contributed by atoms with Crippen molar-refractivity contribution in [3.63, 3.8) is 0 Å². The maximum atomic E-state index is 12.7. The highest BCUT2D eigenvalue weighted by Crippen LogP contribution is 2.25. The van der Waals surface area contributed by atoms with Crippen molar-refractivity contribution >= 4 is 17.5 Å². The summed E-state index contributed by atoms with van der Waals surface area (Å²) in [6, 6.07) is 3.74. The van der Waals surface area contributed by atoms with Crippen LogP contribution in [0.25, 0.3) is 0 Å². The van der Waals surface area contributed by atoms with E-state index in [-0.39, 0.29) is 16.7 Å². The predicted molar refractivity (Wildman–Crippen MR) is 55.6 cm³/mol. The summed E-state index contributed by atoms with van der Waals surface area (Å²) in [6.07, 6.45) is -0.669. The molecule has 1 atom stereocenters. The van der Waals surface area contributed by atoms with Crippen molar-refractivity contribution < 1.29 is 13.9 Å². The molecule has 0 aliphatic heterocycles. The first-order valence-corrected chi connectivity index (χ1v) is 4.75. The van der Waals surface area contributed by atoms with Gasteiger partial charge in [0.05, 0.1) is 5.02 Å². The number of carbonyl (C=O) groups excluding carboxylic acids is 1. The number of ether oxygens (including phenoxy) is 1. The molecule has 0 saturated carbocycles. The van der Waals surface area contributed by atoms with E-state index >= 15 is 0 Å². The third-order valence-corrected chi connectivity index (χ3v) is 2.11. The van der Waals surface area contributed by atoms with Crippen molar-refractivity contribution in [3.05, 3.63) is 29.0 Å². The number of rotatable bonds is 3. The minimum absolute atomic E-state index is 0.144. The molecule has 0 aromatic heterocycles. The molecule has 0 aliphatic carbocycles. The van der Waals surface area contributed by atoms with Crippen molar-refractivity contribution in [2.75, 3.05) is 7.05 Å². The zero-order valence-corrected chi connectivity index (χ0v) is 9.14. The highest BCUT2D eigenvalue weighted by Gasteiger charge is 2.14. The van der Waals surface area contributed by atoms with Gasteiger partial charge in [-0.3, -0.25) is 4.79 Å². The summed E-state index contributed by atoms with van der Waals surface area (Å²) in [7, 11) is 1.51. The molecule has 1 unspecified atom stereocenters. The third kappa shape index (κ3) is 3.09. The number of carbonyl (C=O) groups is 1. The van der Waals surface area contributed by atoms with Gasteiger partial charge in [0.1, 0.15) is 11.6 Å². The number of benzene rings is 1. The smallest absolute Gasteiger partial charge is 0.260 e. The summed E-state index contributed by atoms with van der Waals surface area (Å²) in [5, 5.41) is 2.58. The highest BCUT2D eigenvalue weighted by molar-refractivity contribution is 6.32. The Morgan fingerprint density at radius 3 is 2.80 bits per heavy atom. The molecular formula is C10H11ClFNO2. The van der Waals surface area contributed by atoms with Gasteiger partial charge in [0.2, 0.25) is 0 Å². The van der Waals surface area contributed by atoms with Crippen molar-refractivity contribution in [2.24, 2.45) is 0 Å². The Hall–Kier alpha value is -1.29. The van der Waals surface area contributed by atoms with E-state index in [1.165, 1.54) is 19.2 Å². The lowest BCUT2D eigenvalue weighted by atomic mass is 10.3. The molecule has 0 fully saturated rings. The average molecular weight is 232 g/mol. The van der Waals surface area contributed by atoms with Gasteiger partial charge < -0.3 is 10.1 Å². The lowest BCUT2D eigenvalue weighted by Crippen LogP contribution is -2.33. The molecule has 1 aromatic carbocycles. The average Bonchev–Trinajstić information content (AvgIpc) is 2.20. The van der Waals surface area contributed by atoms with Crippen LogP contribution in [0.5, 0.6) is 5.75 Å². The van der Waals surface area contributed by atoms with Gasteiger partial charge >= 0.3 is 0 Å². The number of amides is 1. The molecule has 3 nitrogen and oxygen atoms in total. The van der Waals surface area contributed by atoms with Crippen LogP contribution >= 0.6 is 11.6 Å². The predicted octanol–water partition coefficient (Wildman–Crippen LogP) is 1.99. The fourth-order valence-corrected chi connectivity index (χ4v) is 1.23. The molecule has 1 N–H and O–H groups in total. The summed E-state index contributed by atoms with van der Waals surface area (Å²) in [5.41, 5.74) is 0. The lowest BCUT2D eigenvalue weighted by molar-refractivity contribution is -0.126. The van der Waals surface area contributed by atoms with E-state index in [0.717, 1.165) is 6.07 Å². The summed E-state index contributed by atoms with van der Waals surface area (Å²) < 4.78 is 17.9. The molecular weight excluding hydrogens is 221 g/mol. The van der Waals surface area contributed by atoms with Crippen LogP contribution in [-0.2, 0) is 4.79 Å². The van der Waals surface area contributed by atoms with Crippen molar-refractivity contribution in [1.29, 1.82) is 0 Å². The molecule has 1 rings (SSSR count). The molecule has 0 bridgehead atoms. The molecule has 0 aliphatic rings. The van der Waals surface area contributed by atoms with Gasteiger partial charge in [-0.15, -0.1) is 0 Å². The Morgan fingerprint density at radius 2 is 2.27 bits per heavy atom. The maximum Gasteiger partial charge on any atom is 0.260 e. The third-order valence-electron chi connectivity index (χ3n) is 1.81. The number of hydrogen-bond acceptors (Lipinski definition) is 2. The van der Waals surface area contributed by atoms with Gasteiger partial charge in [0.25, 0.3) is 5.91 Å². The molecule has 15 heavy (non-hydrogen) atoms. The van der Waals surface area contributed by atoms with E-state index in [9.17, 15) is 9.18 Å². The van der Waals surface area contributed by atoms with Crippen LogP contribution < -0.4 is 10.1 Å². The van der Waals surface area contributed by atoms with E-state index < -0.39 is 11.9 Å². The summed E-state index contributed by atoms with van der Waals surface area (Å²) in [5.74, 6) is -0.426. The first-order valence-electron chi connectivity index (χ1n) is 4.38. The molecule has 82 valence electrons. The van der Waals surface area contributed by atoms with E-state index in [1.807, 2.05) is 0 Å². The molecule has 0 saturated heterocycles. The van der Waals surface area contributed by atoms with Gasteiger partial charge in [-0.1, -0.05) is 11.6 Å². The summed E-state index contributed by atoms with van der Waals surface area (Å²) >= 11 is 5.72. The molecule has 5 heteroatoms. The second-order valence-electron chi connectivity index (χ2n) is 2.95. The Labute approximate surface area is 92.2 Å². The fourth-order valence-electron chi connectivity index (χ4n) is 1.02. The SMILES string of the molecule is CNC(=O)C(C)Oc1ccc(F)cc1Cl. The van der Waals surface area contributed by atoms with E-state index in [2.05, 4.69) is 5.32 Å². The zero-order chi connectivity index (χ0) is 11.4. The van der Waals surface area contributed by atoms with Crippen molar-refractivity contribution in [1.82, 2.24) is 5.32 Å². The largest absolute Gasteiger partial charge is 0.479 e. The quantitative estimate of drug-likeness (QED) is 0.864. The molecule has 1 amide bonds. The Bertz CT molecular complexity index is 370. The molecule has 0 heterocycles. The number of halogens is 2. The highest BCUT2D eigenvalue weighted by atomic mass is 35.5. The first-order chi connectivity index (χ1) is 7.04. The van der Waals surface area contributed by atoms with E-state index in [0.29, 0.717) is 0 Å². The van der Waals surface area contributed by atoms with Gasteiger partial charge in [0.15, 0.2) is 6.10 Å². The van der Waals surface area contributed by atoms with Gasteiger partial charge in [0, 0.05) is 7.05 Å². The van der Waals surface area contributed by atoms with Crippen molar-refractivity contribution in [2.45, 2.75) is 13.0 Å². The minimum Gasteiger partial charge on any atom is -0.479 e. The maximum absolute atomic E-state index is 12.7. The van der Waals surface area contributed by atoms with Crippen molar-refractivity contribution in [3.8, 4) is 5.75 Å². The second kappa shape index (κ2) is 4.98. The van der Waals surface area contributed by atoms with Crippen LogP contribution in [0.1, 0.15) is 6.92 Å². The van der Waals surface area contributed by atoms with E-state index in [4.69, 9.17) is 16.3 Å². The van der Waals surface area contributed by atoms with Crippen LogP contribution in [0.2, 0.25) is 5.02 Å². The van der Waals surface area contributed by atoms with Gasteiger partial charge in [-0.25, -0.2) is 4.39 Å². The van der Waals surface area contributed by atoms with Crippen LogP contribution in [0.3, 0.4) is 0 Å². The van der Waals surface area contributed by atoms with Crippen LogP contribution in [0.15, 0.2) is 18.2 Å². The molecule has 0 radical (unpaired) electrons. The lowest BCUT2D eigenvalue weighted by Gasteiger charge is -2.13. The number of likely N-dealkylation sites (N-methyl/N-ethyl adjacent to an activating group) is 1. The van der Waals surface area contributed by atoms with Gasteiger partial charge in [-0.2, -0.15) is 0 Å². The minimum atomic E-state index is -0.669. The Kier molecular flexibility index (Phi) is 3.91. The standard InChI is InChI=1S/C10H11ClFNO2/c1-6(10(14)13-2)15-9-4-3-7(12)5-8(9)11/h3-6H,1-2H3,(H,13,14). The van der Waals surface area contributed by atoms with Crippen LogP contribution in [-0.4, -0.2) is 19.1 Å². The number of hydrogen-bond donors (Lipinski definition) is 1. The summed E-state index contributed by atoms with van der Waals surface area (Å²) in [6.45, 7) is 1.58. The Morgan fingerprint density at radius 1 is 1.60 bits per heavy atom. The fraction of sp³-hybridized carbons (Fsp3) is 0.300. The Balaban J connectivity index is 2.76. The summed E-state index contributed by atoms with van der Waals surface area (Å²) in [4.78, 5) is 11.1. The molecule has 1 aromatic rings. The van der Waals surface area contributed by atoms with E-state index in [1.54, 1.807) is 6.92 Å². The molecule has 0 spiro atoms. The first kappa shape index (κ1) is 11.8. The van der Waals surface area contributed by atoms with Gasteiger partial charge in [-0.05, 0) is 25.1 Å². The monoisotopic (exact) mass is 231 g/mol. The second-order valence-corrected chi connectivity index (χ2v) is 3.36. The van der Waals surface area contributed by atoms with Crippen LogP contribution in [0.4, 0.5) is 4.39 Å². The van der Waals surface area contributed by atoms with Crippen LogP contribution in [0, 0.1) is 5.82 Å².